The summed E-state index contributed by atoms with van der Waals surface area (Å²) >= 11 is 0. The summed E-state index contributed by atoms with van der Waals surface area (Å²) in [7, 11) is 2.93. The van der Waals surface area contributed by atoms with Crippen LogP contribution < -0.4 is 19.1 Å². The number of carbonyl (C=O) groups is 2. The number of amides is 1. The van der Waals surface area contributed by atoms with Gasteiger partial charge in [-0.15, -0.1) is 0 Å². The van der Waals surface area contributed by atoms with Gasteiger partial charge in [0.1, 0.15) is 28.6 Å². The second kappa shape index (κ2) is 11.2. The number of Topliss-reactive ketones (excluding diaryl/α,β-unsaturated/α-hetero) is 1. The van der Waals surface area contributed by atoms with Gasteiger partial charge in [0.25, 0.3) is 11.7 Å². The molecule has 1 saturated heterocycles. The number of anilines is 1. The Morgan fingerprint density at radius 1 is 0.872 bits per heavy atom. The molecule has 1 amide bonds. The Hall–Kier alpha value is -4.26. The molecule has 0 aromatic heterocycles. The molecule has 1 fully saturated rings. The molecular weight excluding hydrogens is 494 g/mol. The predicted molar refractivity (Wildman–Crippen MR) is 152 cm³/mol. The lowest BCUT2D eigenvalue weighted by atomic mass is 9.85. The van der Waals surface area contributed by atoms with Crippen molar-refractivity contribution in [1.82, 2.24) is 0 Å². The molecule has 4 rings (SSSR count). The summed E-state index contributed by atoms with van der Waals surface area (Å²) in [4.78, 5) is 28.8. The molecule has 204 valence electrons. The quantitative estimate of drug-likeness (QED) is 0.206. The van der Waals surface area contributed by atoms with Crippen LogP contribution in [-0.4, -0.2) is 37.6 Å². The van der Waals surface area contributed by atoms with Gasteiger partial charge < -0.3 is 19.3 Å². The predicted octanol–water partition coefficient (Wildman–Crippen LogP) is 6.42. The van der Waals surface area contributed by atoms with E-state index in [2.05, 4.69) is 20.8 Å². The van der Waals surface area contributed by atoms with Gasteiger partial charge in [-0.3, -0.25) is 14.5 Å². The first kappa shape index (κ1) is 27.8. The van der Waals surface area contributed by atoms with Crippen molar-refractivity contribution in [3.05, 3.63) is 89.0 Å². The van der Waals surface area contributed by atoms with Crippen LogP contribution in [0.25, 0.3) is 5.76 Å². The number of para-hydroxylation sites is 2. The van der Waals surface area contributed by atoms with Gasteiger partial charge >= 0.3 is 0 Å². The van der Waals surface area contributed by atoms with Gasteiger partial charge in [0.05, 0.1) is 38.1 Å². The van der Waals surface area contributed by atoms with Crippen LogP contribution in [0.4, 0.5) is 5.69 Å². The molecule has 7 heteroatoms. The maximum absolute atomic E-state index is 13.7. The molecule has 3 aromatic carbocycles. The van der Waals surface area contributed by atoms with Gasteiger partial charge in [-0.1, -0.05) is 70.2 Å². The van der Waals surface area contributed by atoms with Crippen molar-refractivity contribution in [2.24, 2.45) is 0 Å². The lowest BCUT2D eigenvalue weighted by Gasteiger charge is -2.28. The van der Waals surface area contributed by atoms with Gasteiger partial charge in [-0.05, 0) is 47.2 Å². The van der Waals surface area contributed by atoms with E-state index in [0.29, 0.717) is 35.1 Å². The number of ketones is 1. The van der Waals surface area contributed by atoms with Gasteiger partial charge in [0.15, 0.2) is 0 Å². The summed E-state index contributed by atoms with van der Waals surface area (Å²) in [5.74, 6) is -0.842. The van der Waals surface area contributed by atoms with Gasteiger partial charge in [0.2, 0.25) is 0 Å². The van der Waals surface area contributed by atoms with E-state index in [-0.39, 0.29) is 22.3 Å². The van der Waals surface area contributed by atoms with Crippen LogP contribution >= 0.6 is 0 Å². The largest absolute Gasteiger partial charge is 0.506 e. The van der Waals surface area contributed by atoms with Crippen molar-refractivity contribution in [3.8, 4) is 17.2 Å². The minimum Gasteiger partial charge on any atom is -0.506 e. The fourth-order valence-electron chi connectivity index (χ4n) is 4.77. The fraction of sp³-hybridized carbons (Fsp3) is 0.312. The minimum atomic E-state index is -0.917. The van der Waals surface area contributed by atoms with Crippen molar-refractivity contribution in [2.45, 2.75) is 45.6 Å². The Kier molecular flexibility index (Phi) is 8.00. The van der Waals surface area contributed by atoms with E-state index in [4.69, 9.17) is 14.2 Å². The molecule has 0 saturated carbocycles. The van der Waals surface area contributed by atoms with E-state index in [9.17, 15) is 14.7 Å². The molecule has 1 heterocycles. The van der Waals surface area contributed by atoms with Gasteiger partial charge in [-0.2, -0.15) is 0 Å². The molecule has 1 N–H and O–H groups in total. The van der Waals surface area contributed by atoms with E-state index in [1.807, 2.05) is 37.3 Å². The number of benzene rings is 3. The molecule has 0 spiro atoms. The zero-order valence-electron chi connectivity index (χ0n) is 23.3. The van der Waals surface area contributed by atoms with Crippen LogP contribution in [0, 0.1) is 0 Å². The highest BCUT2D eigenvalue weighted by atomic mass is 16.5. The van der Waals surface area contributed by atoms with E-state index in [1.165, 1.54) is 19.1 Å². The van der Waals surface area contributed by atoms with E-state index in [1.54, 1.807) is 36.4 Å². The number of hydrogen-bond acceptors (Lipinski definition) is 6. The molecule has 7 nitrogen and oxygen atoms in total. The highest BCUT2D eigenvalue weighted by Gasteiger charge is 2.48. The maximum Gasteiger partial charge on any atom is 0.300 e. The zero-order chi connectivity index (χ0) is 28.3. The Morgan fingerprint density at radius 2 is 1.46 bits per heavy atom. The summed E-state index contributed by atoms with van der Waals surface area (Å²) in [6.45, 7) is 8.78. The van der Waals surface area contributed by atoms with Crippen LogP contribution in [0.3, 0.4) is 0 Å². The SMILES string of the molecule is CCCOc1ccccc1N1C(=O)C(=O)/C(=C(/O)c2c(OC)cccc2OC)C1c1ccc(C(C)(C)C)cc1. The molecule has 0 bridgehead atoms. The number of carbonyl (C=O) groups excluding carboxylic acids is 2. The topological polar surface area (TPSA) is 85.3 Å². The van der Waals surface area contributed by atoms with Crippen LogP contribution in [0.15, 0.2) is 72.3 Å². The number of aliphatic hydroxyl groups is 1. The molecule has 39 heavy (non-hydrogen) atoms. The van der Waals surface area contributed by atoms with Crippen LogP contribution in [0.1, 0.15) is 56.8 Å². The third kappa shape index (κ3) is 5.21. The number of hydrogen-bond donors (Lipinski definition) is 1. The number of rotatable bonds is 8. The second-order valence-electron chi connectivity index (χ2n) is 10.4. The van der Waals surface area contributed by atoms with Crippen molar-refractivity contribution in [3.63, 3.8) is 0 Å². The summed E-state index contributed by atoms with van der Waals surface area (Å²) < 4.78 is 17.0. The first-order valence-corrected chi connectivity index (χ1v) is 13.0. The average Bonchev–Trinajstić information content (AvgIpc) is 3.20. The first-order valence-electron chi connectivity index (χ1n) is 13.0. The third-order valence-electron chi connectivity index (χ3n) is 6.79. The summed E-state index contributed by atoms with van der Waals surface area (Å²) in [6, 6.07) is 19.0. The van der Waals surface area contributed by atoms with Crippen LogP contribution in [0.2, 0.25) is 0 Å². The number of ether oxygens (including phenoxy) is 3. The summed E-state index contributed by atoms with van der Waals surface area (Å²) in [6.07, 6.45) is 0.776. The number of nitrogens with zero attached hydrogens (tertiary/aromatic N) is 1. The number of methoxy groups -OCH3 is 2. The Labute approximate surface area is 229 Å². The van der Waals surface area contributed by atoms with Crippen molar-refractivity contribution in [1.29, 1.82) is 0 Å². The van der Waals surface area contributed by atoms with Crippen LogP contribution in [0.5, 0.6) is 17.2 Å². The van der Waals surface area contributed by atoms with Crippen molar-refractivity contribution in [2.75, 3.05) is 25.7 Å². The first-order chi connectivity index (χ1) is 18.6. The second-order valence-corrected chi connectivity index (χ2v) is 10.4. The highest BCUT2D eigenvalue weighted by molar-refractivity contribution is 6.52. The van der Waals surface area contributed by atoms with Crippen molar-refractivity contribution >= 4 is 23.1 Å². The molecule has 1 atom stereocenters. The van der Waals surface area contributed by atoms with Crippen LogP contribution in [-0.2, 0) is 15.0 Å². The molecular formula is C32H35NO6. The normalized spacial score (nSPS) is 16.9. The third-order valence-corrected chi connectivity index (χ3v) is 6.79. The molecule has 0 radical (unpaired) electrons. The highest BCUT2D eigenvalue weighted by Crippen LogP contribution is 2.47. The zero-order valence-corrected chi connectivity index (χ0v) is 23.3. The molecule has 1 aliphatic heterocycles. The van der Waals surface area contributed by atoms with E-state index >= 15 is 0 Å². The Balaban J connectivity index is 2.00. The van der Waals surface area contributed by atoms with E-state index in [0.717, 1.165) is 12.0 Å². The minimum absolute atomic E-state index is 0.0587. The molecule has 0 aliphatic carbocycles. The monoisotopic (exact) mass is 529 g/mol. The number of aliphatic hydroxyl groups excluding tert-OH is 1. The molecule has 3 aromatic rings. The van der Waals surface area contributed by atoms with Gasteiger partial charge in [0, 0.05) is 0 Å². The standard InChI is InChI=1S/C32H35NO6/c1-7-19-39-23-12-9-8-11-22(23)33-28(20-15-17-21(18-16-20)32(2,3)4)27(30(35)31(33)36)29(34)26-24(37-5)13-10-14-25(26)38-6/h8-18,28,34H,7,19H2,1-6H3/b29-27+. The summed E-state index contributed by atoms with van der Waals surface area (Å²) in [5, 5.41) is 11.7. The fourth-order valence-corrected chi connectivity index (χ4v) is 4.77. The maximum atomic E-state index is 13.7. The molecule has 1 aliphatic rings. The van der Waals surface area contributed by atoms with Crippen molar-refractivity contribution < 1.29 is 28.9 Å². The lowest BCUT2D eigenvalue weighted by molar-refractivity contribution is -0.132. The average molecular weight is 530 g/mol. The van der Waals surface area contributed by atoms with E-state index < -0.39 is 17.7 Å². The Bertz CT molecular complexity index is 1380. The summed E-state index contributed by atoms with van der Waals surface area (Å²) in [5.41, 5.74) is 2.27. The smallest absolute Gasteiger partial charge is 0.300 e. The Morgan fingerprint density at radius 3 is 2.03 bits per heavy atom. The molecule has 1 unspecified atom stereocenters. The lowest BCUT2D eigenvalue weighted by Crippen LogP contribution is -2.30. The van der Waals surface area contributed by atoms with Gasteiger partial charge in [-0.25, -0.2) is 0 Å².